The van der Waals surface area contributed by atoms with E-state index in [1.54, 1.807) is 0 Å². The lowest BCUT2D eigenvalue weighted by Crippen LogP contribution is -2.11. The van der Waals surface area contributed by atoms with Crippen molar-refractivity contribution in [3.05, 3.63) is 33.3 Å². The van der Waals surface area contributed by atoms with Crippen LogP contribution in [0.2, 0.25) is 0 Å². The van der Waals surface area contributed by atoms with Crippen LogP contribution in [0.25, 0.3) is 0 Å². The largest absolute Gasteiger partial charge is 0.294 e. The Hall–Kier alpha value is -0.630. The van der Waals surface area contributed by atoms with Gasteiger partial charge in [-0.25, -0.2) is 0 Å². The van der Waals surface area contributed by atoms with Gasteiger partial charge >= 0.3 is 0 Å². The van der Waals surface area contributed by atoms with Crippen LogP contribution in [0.5, 0.6) is 0 Å². The number of Topliss-reactive ketones (excluding diaryl/α,β-unsaturated/α-hetero) is 1. The minimum atomic E-state index is 0.289. The number of aryl methyl sites for hydroxylation is 2. The van der Waals surface area contributed by atoms with Gasteiger partial charge in [0.15, 0.2) is 5.78 Å². The predicted octanol–water partition coefficient (Wildman–Crippen LogP) is 3.28. The zero-order valence-electron chi connectivity index (χ0n) is 7.56. The molecule has 0 aromatic heterocycles. The van der Waals surface area contributed by atoms with Gasteiger partial charge < -0.3 is 0 Å². The lowest BCUT2D eigenvalue weighted by Gasteiger charge is -2.16. The summed E-state index contributed by atoms with van der Waals surface area (Å²) in [6.07, 6.45) is 2.75. The summed E-state index contributed by atoms with van der Waals surface area (Å²) in [5, 5.41) is 0. The monoisotopic (exact) mass is 238 g/mol. The van der Waals surface area contributed by atoms with Gasteiger partial charge in [-0.1, -0.05) is 12.1 Å². The number of benzene rings is 1. The van der Waals surface area contributed by atoms with Crippen LogP contribution in [0.4, 0.5) is 0 Å². The summed E-state index contributed by atoms with van der Waals surface area (Å²) in [6, 6.07) is 4.15. The first-order valence-electron chi connectivity index (χ1n) is 4.51. The molecule has 1 aromatic carbocycles. The fourth-order valence-electron chi connectivity index (χ4n) is 1.79. The van der Waals surface area contributed by atoms with E-state index in [2.05, 4.69) is 28.1 Å². The molecule has 0 heterocycles. The molecule has 0 N–H and O–H groups in total. The highest BCUT2D eigenvalue weighted by atomic mass is 79.9. The molecule has 0 unspecified atom stereocenters. The van der Waals surface area contributed by atoms with Crippen molar-refractivity contribution >= 4 is 21.7 Å². The number of fused-ring (bicyclic) bond motifs is 1. The van der Waals surface area contributed by atoms with Crippen LogP contribution in [-0.2, 0) is 6.42 Å². The van der Waals surface area contributed by atoms with Crippen LogP contribution in [0.3, 0.4) is 0 Å². The average molecular weight is 239 g/mol. The Morgan fingerprint density at radius 1 is 1.31 bits per heavy atom. The van der Waals surface area contributed by atoms with E-state index < -0.39 is 0 Å². The lowest BCUT2D eigenvalue weighted by atomic mass is 9.89. The van der Waals surface area contributed by atoms with Crippen molar-refractivity contribution < 1.29 is 4.79 Å². The smallest absolute Gasteiger partial charge is 0.164 e. The molecule has 0 atom stereocenters. The van der Waals surface area contributed by atoms with Crippen molar-refractivity contribution in [2.75, 3.05) is 0 Å². The van der Waals surface area contributed by atoms with E-state index in [4.69, 9.17) is 0 Å². The summed E-state index contributed by atoms with van der Waals surface area (Å²) < 4.78 is 0.995. The highest BCUT2D eigenvalue weighted by molar-refractivity contribution is 9.10. The molecular weight excluding hydrogens is 228 g/mol. The molecule has 0 saturated heterocycles. The van der Waals surface area contributed by atoms with Crippen molar-refractivity contribution in [1.29, 1.82) is 0 Å². The van der Waals surface area contributed by atoms with Crippen molar-refractivity contribution in [2.45, 2.75) is 26.2 Å². The third-order valence-corrected chi connectivity index (χ3v) is 3.57. The molecule has 2 heteroatoms. The van der Waals surface area contributed by atoms with Gasteiger partial charge in [0.25, 0.3) is 0 Å². The second-order valence-corrected chi connectivity index (χ2v) is 4.30. The molecule has 68 valence electrons. The summed E-state index contributed by atoms with van der Waals surface area (Å²) >= 11 is 3.49. The normalized spacial score (nSPS) is 15.7. The first-order valence-corrected chi connectivity index (χ1v) is 5.30. The Morgan fingerprint density at radius 3 is 2.85 bits per heavy atom. The zero-order chi connectivity index (χ0) is 9.42. The van der Waals surface area contributed by atoms with Gasteiger partial charge in [-0.15, -0.1) is 0 Å². The standard InChI is InChI=1S/C11H11BrO/c1-7-5-6-8-3-2-4-9(13)10(8)11(7)12/h5-6H,2-4H2,1H3. The van der Waals surface area contributed by atoms with Crippen LogP contribution in [0.1, 0.15) is 34.3 Å². The number of hydrogen-bond acceptors (Lipinski definition) is 1. The number of halogens is 1. The van der Waals surface area contributed by atoms with Crippen LogP contribution >= 0.6 is 15.9 Å². The van der Waals surface area contributed by atoms with Gasteiger partial charge in [-0.3, -0.25) is 4.79 Å². The van der Waals surface area contributed by atoms with E-state index in [0.717, 1.165) is 28.4 Å². The van der Waals surface area contributed by atoms with Crippen LogP contribution in [0, 0.1) is 6.92 Å². The Kier molecular flexibility index (Phi) is 2.24. The number of ketones is 1. The molecule has 1 aliphatic carbocycles. The van der Waals surface area contributed by atoms with Crippen molar-refractivity contribution in [3.8, 4) is 0 Å². The molecular formula is C11H11BrO. The second kappa shape index (κ2) is 3.26. The van der Waals surface area contributed by atoms with Crippen molar-refractivity contribution in [2.24, 2.45) is 0 Å². The molecule has 1 aliphatic rings. The second-order valence-electron chi connectivity index (χ2n) is 3.51. The topological polar surface area (TPSA) is 17.1 Å². The van der Waals surface area contributed by atoms with Gasteiger partial charge in [0, 0.05) is 16.5 Å². The van der Waals surface area contributed by atoms with E-state index in [1.165, 1.54) is 5.56 Å². The van der Waals surface area contributed by atoms with E-state index in [0.29, 0.717) is 6.42 Å². The molecule has 0 spiro atoms. The van der Waals surface area contributed by atoms with Crippen LogP contribution < -0.4 is 0 Å². The maximum Gasteiger partial charge on any atom is 0.164 e. The van der Waals surface area contributed by atoms with Gasteiger partial charge in [0.2, 0.25) is 0 Å². The summed E-state index contributed by atoms with van der Waals surface area (Å²) in [5.74, 6) is 0.289. The quantitative estimate of drug-likeness (QED) is 0.679. The average Bonchev–Trinajstić information content (AvgIpc) is 2.12. The molecule has 0 fully saturated rings. The highest BCUT2D eigenvalue weighted by Crippen LogP contribution is 2.30. The van der Waals surface area contributed by atoms with E-state index in [9.17, 15) is 4.79 Å². The molecule has 2 rings (SSSR count). The van der Waals surface area contributed by atoms with Gasteiger partial charge in [-0.05, 0) is 46.8 Å². The molecule has 1 nitrogen and oxygen atoms in total. The van der Waals surface area contributed by atoms with Gasteiger partial charge in [0.05, 0.1) is 0 Å². The first kappa shape index (κ1) is 8.95. The van der Waals surface area contributed by atoms with E-state index >= 15 is 0 Å². The summed E-state index contributed by atoms with van der Waals surface area (Å²) in [5.41, 5.74) is 3.27. The maximum atomic E-state index is 11.6. The molecule has 1 aromatic rings. The zero-order valence-corrected chi connectivity index (χ0v) is 9.15. The third kappa shape index (κ3) is 1.44. The Labute approximate surface area is 86.3 Å². The SMILES string of the molecule is Cc1ccc2c(c1Br)C(=O)CCC2. The van der Waals surface area contributed by atoms with Gasteiger partial charge in [0.1, 0.15) is 0 Å². The summed E-state index contributed by atoms with van der Waals surface area (Å²) in [7, 11) is 0. The molecule has 0 amide bonds. The predicted molar refractivity (Wildman–Crippen MR) is 56.1 cm³/mol. The number of carbonyl (C=O) groups is 1. The third-order valence-electron chi connectivity index (χ3n) is 2.55. The number of rotatable bonds is 0. The Bertz CT molecular complexity index is 369. The molecule has 0 saturated carbocycles. The number of hydrogen-bond donors (Lipinski definition) is 0. The molecule has 0 aliphatic heterocycles. The summed E-state index contributed by atoms with van der Waals surface area (Å²) in [6.45, 7) is 2.02. The minimum absolute atomic E-state index is 0.289. The van der Waals surface area contributed by atoms with Crippen molar-refractivity contribution in [3.63, 3.8) is 0 Å². The lowest BCUT2D eigenvalue weighted by molar-refractivity contribution is 0.0971. The first-order chi connectivity index (χ1) is 6.20. The van der Waals surface area contributed by atoms with Gasteiger partial charge in [-0.2, -0.15) is 0 Å². The fraction of sp³-hybridized carbons (Fsp3) is 0.364. The van der Waals surface area contributed by atoms with E-state index in [-0.39, 0.29) is 5.78 Å². The highest BCUT2D eigenvalue weighted by Gasteiger charge is 2.20. The van der Waals surface area contributed by atoms with Crippen LogP contribution in [0.15, 0.2) is 16.6 Å². The fourth-order valence-corrected chi connectivity index (χ4v) is 2.40. The maximum absolute atomic E-state index is 11.6. The van der Waals surface area contributed by atoms with E-state index in [1.807, 2.05) is 6.92 Å². The summed E-state index contributed by atoms with van der Waals surface area (Å²) in [4.78, 5) is 11.6. The Morgan fingerprint density at radius 2 is 2.08 bits per heavy atom. The minimum Gasteiger partial charge on any atom is -0.294 e. The molecule has 13 heavy (non-hydrogen) atoms. The van der Waals surface area contributed by atoms with Crippen molar-refractivity contribution in [1.82, 2.24) is 0 Å². The number of carbonyl (C=O) groups excluding carboxylic acids is 1. The molecule has 0 bridgehead atoms. The Balaban J connectivity index is 2.65. The molecule has 0 radical (unpaired) electrons. The van der Waals surface area contributed by atoms with Crippen LogP contribution in [-0.4, -0.2) is 5.78 Å².